The Hall–Kier alpha value is -0.670. The molecule has 0 aliphatic carbocycles. The van der Waals surface area contributed by atoms with Gasteiger partial charge in [-0.1, -0.05) is 13.8 Å². The van der Waals surface area contributed by atoms with Crippen LogP contribution in [0, 0.1) is 5.92 Å². The van der Waals surface area contributed by atoms with Gasteiger partial charge in [0, 0.05) is 16.2 Å². The smallest absolute Gasteiger partial charge is 0.233 e. The van der Waals surface area contributed by atoms with E-state index in [4.69, 9.17) is 0 Å². The minimum absolute atomic E-state index is 0.558. The number of fused-ring (bicyclic) bond motifs is 2. The Morgan fingerprint density at radius 1 is 1.29 bits per heavy atom. The van der Waals surface area contributed by atoms with Crippen LogP contribution in [0.2, 0.25) is 0 Å². The fourth-order valence-corrected chi connectivity index (χ4v) is 3.44. The van der Waals surface area contributed by atoms with Gasteiger partial charge in [0.15, 0.2) is 0 Å². The summed E-state index contributed by atoms with van der Waals surface area (Å²) in [5, 5.41) is 0. The van der Waals surface area contributed by atoms with Gasteiger partial charge in [-0.2, -0.15) is 0 Å². The molecule has 1 saturated heterocycles. The lowest BCUT2D eigenvalue weighted by Gasteiger charge is -2.10. The molecule has 3 heteroatoms. The Kier molecular flexibility index (Phi) is 2.30. The Bertz CT molecular complexity index is 511. The van der Waals surface area contributed by atoms with Crippen LogP contribution in [0.4, 0.5) is 5.82 Å². The number of allylic oxidation sites excluding steroid dienone is 1. The van der Waals surface area contributed by atoms with E-state index in [1.165, 1.54) is 17.0 Å². The molecule has 2 atom stereocenters. The van der Waals surface area contributed by atoms with Gasteiger partial charge in [-0.05, 0) is 41.8 Å². The van der Waals surface area contributed by atoms with Crippen LogP contribution >= 0.6 is 15.9 Å². The number of rotatable bonds is 1. The third-order valence-corrected chi connectivity index (χ3v) is 4.88. The normalized spacial score (nSPS) is 34.1. The fourth-order valence-electron chi connectivity index (χ4n) is 3.11. The highest BCUT2D eigenvalue weighted by Crippen LogP contribution is 2.54. The highest BCUT2D eigenvalue weighted by atomic mass is 79.9. The quantitative estimate of drug-likeness (QED) is 0.564. The zero-order valence-electron chi connectivity index (χ0n) is 10.7. The van der Waals surface area contributed by atoms with Gasteiger partial charge in [-0.3, -0.25) is 0 Å². The van der Waals surface area contributed by atoms with Crippen molar-refractivity contribution in [1.82, 2.24) is 9.47 Å². The van der Waals surface area contributed by atoms with E-state index in [0.29, 0.717) is 18.0 Å². The predicted molar refractivity (Wildman–Crippen MR) is 75.5 cm³/mol. The van der Waals surface area contributed by atoms with E-state index >= 15 is 0 Å². The Morgan fingerprint density at radius 2 is 1.94 bits per heavy atom. The summed E-state index contributed by atoms with van der Waals surface area (Å²) in [4.78, 5) is 4.68. The van der Waals surface area contributed by atoms with Crippen LogP contribution in [0.1, 0.15) is 33.3 Å². The molecule has 2 aliphatic rings. The maximum Gasteiger partial charge on any atom is 0.240 e. The first-order chi connectivity index (χ1) is 7.98. The molecule has 17 heavy (non-hydrogen) atoms. The maximum atomic E-state index is 4.68. The largest absolute Gasteiger partial charge is 0.240 e. The summed E-state index contributed by atoms with van der Waals surface area (Å²) in [6.07, 6.45) is 4.36. The molecular formula is C14H18BrN2+. The van der Waals surface area contributed by atoms with E-state index < -0.39 is 0 Å². The number of nitrogens with zero attached hydrogens (tertiary/aromatic N) is 2. The average molecular weight is 294 g/mol. The molecule has 90 valence electrons. The van der Waals surface area contributed by atoms with Gasteiger partial charge in [-0.25, -0.2) is 9.47 Å². The lowest BCUT2D eigenvalue weighted by atomic mass is 9.99. The highest BCUT2D eigenvalue weighted by molar-refractivity contribution is 9.10. The summed E-state index contributed by atoms with van der Waals surface area (Å²) in [6, 6.07) is 3.55. The summed E-state index contributed by atoms with van der Waals surface area (Å²) in [5.74, 6) is 1.80. The second-order valence-electron chi connectivity index (χ2n) is 5.58. The van der Waals surface area contributed by atoms with Crippen LogP contribution in [-0.4, -0.2) is 17.1 Å². The molecular weight excluding hydrogens is 276 g/mol. The second-order valence-corrected chi connectivity index (χ2v) is 6.50. The fraction of sp³-hybridized carbons (Fsp3) is 0.500. The third kappa shape index (κ3) is 1.33. The first-order valence-corrected chi connectivity index (χ1v) is 7.05. The molecule has 0 N–H and O–H groups in total. The summed E-state index contributed by atoms with van der Waals surface area (Å²) in [5.41, 5.74) is 2.79. The lowest BCUT2D eigenvalue weighted by molar-refractivity contribution is 0.627. The summed E-state index contributed by atoms with van der Waals surface area (Å²) in [7, 11) is 0. The minimum atomic E-state index is 0.558. The van der Waals surface area contributed by atoms with Crippen LogP contribution in [0.3, 0.4) is 0 Å². The molecule has 0 radical (unpaired) electrons. The first kappa shape index (κ1) is 11.4. The van der Waals surface area contributed by atoms with E-state index in [1.54, 1.807) is 0 Å². The Labute approximate surface area is 111 Å². The van der Waals surface area contributed by atoms with Crippen LogP contribution in [0.25, 0.3) is 5.57 Å². The molecule has 1 aromatic heterocycles. The van der Waals surface area contributed by atoms with Crippen molar-refractivity contribution < 1.29 is 0 Å². The second kappa shape index (κ2) is 3.42. The van der Waals surface area contributed by atoms with Gasteiger partial charge in [0.05, 0.1) is 5.56 Å². The molecule has 1 aromatic rings. The zero-order valence-corrected chi connectivity index (χ0v) is 12.3. The van der Waals surface area contributed by atoms with E-state index in [2.05, 4.69) is 60.9 Å². The predicted octanol–water partition coefficient (Wildman–Crippen LogP) is 3.95. The molecule has 2 unspecified atom stereocenters. The molecule has 1 fully saturated rings. The van der Waals surface area contributed by atoms with Crippen molar-refractivity contribution in [2.75, 3.05) is 0 Å². The standard InChI is InChI=1S/C14H18BrN2/c1-8(2)13-7-17(9(3)10(17)4)14-12(13)5-11(15)6-16-14/h5-10H,1-4H3/q+1. The lowest BCUT2D eigenvalue weighted by Crippen LogP contribution is -2.21. The SMILES string of the molecule is CC(C)C1=C[N+]2(c3ncc(Br)cc31)C(C)C2C. The third-order valence-electron chi connectivity index (χ3n) is 4.44. The zero-order chi connectivity index (χ0) is 12.4. The van der Waals surface area contributed by atoms with Gasteiger partial charge in [0.25, 0.3) is 0 Å². The number of quaternary nitrogens is 1. The van der Waals surface area contributed by atoms with Crippen molar-refractivity contribution in [3.05, 3.63) is 28.5 Å². The molecule has 0 bridgehead atoms. The van der Waals surface area contributed by atoms with E-state index in [0.717, 1.165) is 8.96 Å². The van der Waals surface area contributed by atoms with Crippen molar-refractivity contribution in [2.24, 2.45) is 5.92 Å². The van der Waals surface area contributed by atoms with Crippen molar-refractivity contribution in [2.45, 2.75) is 39.8 Å². The summed E-state index contributed by atoms with van der Waals surface area (Å²) in [6.45, 7) is 9.16. The maximum absolute atomic E-state index is 4.68. The van der Waals surface area contributed by atoms with Crippen LogP contribution in [0.5, 0.6) is 0 Å². The van der Waals surface area contributed by atoms with Crippen molar-refractivity contribution in [3.63, 3.8) is 0 Å². The molecule has 0 saturated carbocycles. The van der Waals surface area contributed by atoms with Gasteiger partial charge < -0.3 is 0 Å². The molecule has 3 heterocycles. The molecule has 3 rings (SSSR count). The van der Waals surface area contributed by atoms with E-state index in [1.807, 2.05) is 6.20 Å². The molecule has 1 spiro atoms. The van der Waals surface area contributed by atoms with Crippen LogP contribution in [-0.2, 0) is 0 Å². The number of hydrogen-bond acceptors (Lipinski definition) is 1. The van der Waals surface area contributed by atoms with E-state index in [-0.39, 0.29) is 0 Å². The van der Waals surface area contributed by atoms with Crippen molar-refractivity contribution in [1.29, 1.82) is 0 Å². The molecule has 0 amide bonds. The van der Waals surface area contributed by atoms with Crippen LogP contribution in [0.15, 0.2) is 22.9 Å². The number of pyridine rings is 1. The van der Waals surface area contributed by atoms with E-state index in [9.17, 15) is 0 Å². The Balaban J connectivity index is 2.21. The van der Waals surface area contributed by atoms with Crippen molar-refractivity contribution >= 4 is 27.3 Å². The Morgan fingerprint density at radius 3 is 2.47 bits per heavy atom. The van der Waals surface area contributed by atoms with Crippen LogP contribution < -0.4 is 4.48 Å². The molecule has 2 nitrogen and oxygen atoms in total. The molecule has 0 aromatic carbocycles. The van der Waals surface area contributed by atoms with Gasteiger partial charge in [-0.15, -0.1) is 0 Å². The average Bonchev–Trinajstić information content (AvgIpc) is 2.69. The number of halogens is 1. The monoisotopic (exact) mass is 293 g/mol. The number of aromatic nitrogens is 1. The topological polar surface area (TPSA) is 12.9 Å². The summed E-state index contributed by atoms with van der Waals surface area (Å²) >= 11 is 3.53. The van der Waals surface area contributed by atoms with Gasteiger partial charge in [0.1, 0.15) is 18.3 Å². The first-order valence-electron chi connectivity index (χ1n) is 6.26. The number of hydrogen-bond donors (Lipinski definition) is 0. The minimum Gasteiger partial charge on any atom is -0.233 e. The van der Waals surface area contributed by atoms with Gasteiger partial charge >= 0.3 is 0 Å². The highest BCUT2D eigenvalue weighted by Gasteiger charge is 2.65. The summed E-state index contributed by atoms with van der Waals surface area (Å²) < 4.78 is 2.04. The van der Waals surface area contributed by atoms with Gasteiger partial charge in [0.2, 0.25) is 5.82 Å². The van der Waals surface area contributed by atoms with Crippen molar-refractivity contribution in [3.8, 4) is 0 Å². The molecule has 2 aliphatic heterocycles.